The van der Waals surface area contributed by atoms with Crippen LogP contribution in [-0.4, -0.2) is 11.1 Å². The maximum atomic E-state index is 11.0. The number of rotatable bonds is 4. The first-order chi connectivity index (χ1) is 12.8. The molecule has 0 saturated heterocycles. The first-order valence-corrected chi connectivity index (χ1v) is 11.1. The molecule has 26 heavy (non-hydrogen) atoms. The Morgan fingerprint density at radius 1 is 1.31 bits per heavy atom. The fourth-order valence-corrected chi connectivity index (χ4v) is 7.82. The number of carboxylic acid groups (broad SMARTS) is 1. The van der Waals surface area contributed by atoms with Crippen molar-refractivity contribution in [3.8, 4) is 0 Å². The molecular weight excluding hydrogens is 320 g/mol. The van der Waals surface area contributed by atoms with E-state index >= 15 is 0 Å². The van der Waals surface area contributed by atoms with Crippen molar-refractivity contribution in [3.63, 3.8) is 0 Å². The third-order valence-corrected chi connectivity index (χ3v) is 9.37. The number of allylic oxidation sites excluding steroid dienone is 2. The van der Waals surface area contributed by atoms with Crippen LogP contribution in [0.15, 0.2) is 11.6 Å². The van der Waals surface area contributed by atoms with Crippen LogP contribution < -0.4 is 0 Å². The average molecular weight is 360 g/mol. The van der Waals surface area contributed by atoms with Crippen LogP contribution in [0.1, 0.15) is 92.7 Å². The summed E-state index contributed by atoms with van der Waals surface area (Å²) in [6.45, 7) is 7.35. The normalized spacial score (nSPS) is 49.3. The van der Waals surface area contributed by atoms with Crippen molar-refractivity contribution in [1.82, 2.24) is 0 Å². The molecule has 0 spiro atoms. The molecule has 0 aliphatic heterocycles. The summed E-state index contributed by atoms with van der Waals surface area (Å²) < 4.78 is 8.25. The molecule has 0 radical (unpaired) electrons. The zero-order chi connectivity index (χ0) is 19.4. The lowest BCUT2D eigenvalue weighted by Gasteiger charge is -2.59. The van der Waals surface area contributed by atoms with Gasteiger partial charge in [-0.2, -0.15) is 0 Å². The highest BCUT2D eigenvalue weighted by atomic mass is 16.4. The zero-order valence-electron chi connectivity index (χ0n) is 18.0. The predicted octanol–water partition coefficient (Wildman–Crippen LogP) is 6.46. The highest BCUT2D eigenvalue weighted by Crippen LogP contribution is 2.66. The molecule has 8 atom stereocenters. The van der Waals surface area contributed by atoms with E-state index in [2.05, 4.69) is 26.8 Å². The maximum absolute atomic E-state index is 11.0. The van der Waals surface area contributed by atoms with E-state index < -0.39 is 5.97 Å². The van der Waals surface area contributed by atoms with Crippen molar-refractivity contribution in [2.24, 2.45) is 40.4 Å². The van der Waals surface area contributed by atoms with Gasteiger partial charge in [-0.15, -0.1) is 0 Å². The Labute approximate surface area is 161 Å². The summed E-state index contributed by atoms with van der Waals surface area (Å²) in [5.74, 6) is 2.80. The molecule has 0 amide bonds. The highest BCUT2D eigenvalue weighted by Gasteiger charge is 2.57. The number of fused-ring (bicyclic) bond motifs is 5. The van der Waals surface area contributed by atoms with Crippen LogP contribution in [0, 0.1) is 40.4 Å². The SMILES string of the molecule is [2H]C1CC[C@@]2(C)C(CC[C@H]3C4=CC[C@H]([C@H](C)CCC(=O)O)[C@@]4(C)CC[C@@H]32)C1. The molecular formula is C24H38O2. The number of aliphatic carboxylic acids is 1. The minimum atomic E-state index is -0.655. The first-order valence-electron chi connectivity index (χ1n) is 11.7. The first kappa shape index (κ1) is 17.3. The lowest BCUT2D eigenvalue weighted by Crippen LogP contribution is -2.50. The van der Waals surface area contributed by atoms with E-state index in [0.717, 1.165) is 43.4 Å². The van der Waals surface area contributed by atoms with E-state index in [-0.39, 0.29) is 6.40 Å². The molecule has 0 aromatic heterocycles. The highest BCUT2D eigenvalue weighted by molar-refractivity contribution is 5.66. The van der Waals surface area contributed by atoms with Crippen LogP contribution in [-0.2, 0) is 4.79 Å². The van der Waals surface area contributed by atoms with Gasteiger partial charge >= 0.3 is 5.97 Å². The molecule has 2 heteroatoms. The molecule has 3 saturated carbocycles. The van der Waals surface area contributed by atoms with Crippen molar-refractivity contribution < 1.29 is 11.3 Å². The van der Waals surface area contributed by atoms with E-state index in [1.807, 2.05) is 0 Å². The molecule has 4 rings (SSSR count). The van der Waals surface area contributed by atoms with Crippen LogP contribution in [0.2, 0.25) is 0 Å². The second-order valence-corrected chi connectivity index (χ2v) is 10.4. The van der Waals surface area contributed by atoms with Gasteiger partial charge in [-0.25, -0.2) is 0 Å². The smallest absolute Gasteiger partial charge is 0.303 e. The minimum absolute atomic E-state index is 0.179. The second-order valence-electron chi connectivity index (χ2n) is 10.4. The van der Waals surface area contributed by atoms with Crippen molar-refractivity contribution in [2.75, 3.05) is 0 Å². The summed E-state index contributed by atoms with van der Waals surface area (Å²) in [5.41, 5.74) is 2.50. The van der Waals surface area contributed by atoms with Crippen molar-refractivity contribution in [3.05, 3.63) is 11.6 Å². The lowest BCUT2D eigenvalue weighted by atomic mass is 9.46. The molecule has 0 bridgehead atoms. The lowest BCUT2D eigenvalue weighted by molar-refractivity contribution is -0.137. The predicted molar refractivity (Wildman–Crippen MR) is 106 cm³/mol. The Kier molecular flexibility index (Phi) is 4.44. The summed E-state index contributed by atoms with van der Waals surface area (Å²) in [6, 6.07) is 0. The van der Waals surface area contributed by atoms with Gasteiger partial charge in [0, 0.05) is 7.79 Å². The molecule has 2 nitrogen and oxygen atoms in total. The maximum Gasteiger partial charge on any atom is 0.303 e. The van der Waals surface area contributed by atoms with E-state index in [1.54, 1.807) is 5.57 Å². The molecule has 1 N–H and O–H groups in total. The molecule has 4 aliphatic carbocycles. The fraction of sp³-hybridized carbons (Fsp3) is 0.875. The molecule has 146 valence electrons. The van der Waals surface area contributed by atoms with Crippen LogP contribution in [0.25, 0.3) is 0 Å². The number of carbonyl (C=O) groups is 1. The Morgan fingerprint density at radius 3 is 2.88 bits per heavy atom. The second kappa shape index (κ2) is 6.67. The number of hydrogen-bond donors (Lipinski definition) is 1. The molecule has 2 unspecified atom stereocenters. The monoisotopic (exact) mass is 359 g/mol. The van der Waals surface area contributed by atoms with Crippen LogP contribution in [0.5, 0.6) is 0 Å². The Bertz CT molecular complexity index is 628. The third kappa shape index (κ3) is 2.78. The molecule has 0 heterocycles. The molecule has 4 aliphatic rings. The Hall–Kier alpha value is -0.790. The van der Waals surface area contributed by atoms with E-state index in [9.17, 15) is 4.79 Å². The van der Waals surface area contributed by atoms with Gasteiger partial charge in [-0.3, -0.25) is 4.79 Å². The number of hydrogen-bond acceptors (Lipinski definition) is 1. The average Bonchev–Trinajstić information content (AvgIpc) is 2.97. The van der Waals surface area contributed by atoms with Gasteiger partial charge in [0.2, 0.25) is 0 Å². The Balaban J connectivity index is 1.53. The summed E-state index contributed by atoms with van der Waals surface area (Å²) in [5, 5.41) is 9.09. The van der Waals surface area contributed by atoms with Crippen LogP contribution in [0.3, 0.4) is 0 Å². The zero-order valence-corrected chi connectivity index (χ0v) is 17.0. The van der Waals surface area contributed by atoms with E-state index in [4.69, 9.17) is 6.48 Å². The third-order valence-electron chi connectivity index (χ3n) is 9.37. The molecule has 3 fully saturated rings. The van der Waals surface area contributed by atoms with Gasteiger partial charge in [0.1, 0.15) is 0 Å². The summed E-state index contributed by atoms with van der Waals surface area (Å²) >= 11 is 0. The van der Waals surface area contributed by atoms with Crippen molar-refractivity contribution >= 4 is 5.97 Å². The fourth-order valence-electron chi connectivity index (χ4n) is 7.82. The largest absolute Gasteiger partial charge is 0.481 e. The van der Waals surface area contributed by atoms with Gasteiger partial charge in [-0.1, -0.05) is 45.2 Å². The summed E-state index contributed by atoms with van der Waals surface area (Å²) in [7, 11) is 0. The number of carboxylic acids is 1. The summed E-state index contributed by atoms with van der Waals surface area (Å²) in [4.78, 5) is 11.0. The Morgan fingerprint density at radius 2 is 2.12 bits per heavy atom. The van der Waals surface area contributed by atoms with Crippen molar-refractivity contribution in [1.29, 1.82) is 0 Å². The topological polar surface area (TPSA) is 37.3 Å². The summed E-state index contributed by atoms with van der Waals surface area (Å²) in [6.07, 6.45) is 13.8. The van der Waals surface area contributed by atoms with Crippen LogP contribution >= 0.6 is 0 Å². The van der Waals surface area contributed by atoms with Gasteiger partial charge in [0.15, 0.2) is 0 Å². The van der Waals surface area contributed by atoms with Gasteiger partial charge in [-0.05, 0) is 91.8 Å². The molecule has 0 aromatic rings. The van der Waals surface area contributed by atoms with Crippen LogP contribution in [0.4, 0.5) is 0 Å². The minimum Gasteiger partial charge on any atom is -0.481 e. The van der Waals surface area contributed by atoms with Crippen molar-refractivity contribution in [2.45, 2.75) is 91.4 Å². The molecule has 0 aromatic carbocycles. The van der Waals surface area contributed by atoms with E-state index in [1.165, 1.54) is 32.1 Å². The van der Waals surface area contributed by atoms with Gasteiger partial charge in [0.25, 0.3) is 0 Å². The quantitative estimate of drug-likeness (QED) is 0.585. The van der Waals surface area contributed by atoms with Gasteiger partial charge < -0.3 is 5.11 Å². The van der Waals surface area contributed by atoms with Gasteiger partial charge in [0.05, 0.1) is 0 Å². The standard InChI is InChI=1S/C24H38O2/c1-16(7-12-22(25)26)19-10-11-20-18-9-8-17-6-4-5-14-23(17,2)21(18)13-15-24(19,20)3/h11,16-19,21H,4-10,12-15H2,1-3H3,(H,25,26)/t16-,17?,18+,19-,21+,23+,24-/m1/s1/i4D/t4?,16-,17?,18+,19-,21+,23+,24-. The van der Waals surface area contributed by atoms with E-state index in [0.29, 0.717) is 29.1 Å².